The maximum absolute atomic E-state index is 12.4. The van der Waals surface area contributed by atoms with Gasteiger partial charge in [0.15, 0.2) is 5.78 Å². The predicted molar refractivity (Wildman–Crippen MR) is 74.2 cm³/mol. The number of hydrogen-bond acceptors (Lipinski definition) is 2. The molecule has 2 rings (SSSR count). The molecule has 1 saturated heterocycles. The number of ketones is 1. The summed E-state index contributed by atoms with van der Waals surface area (Å²) in [4.78, 5) is 14.7. The van der Waals surface area contributed by atoms with Gasteiger partial charge in [0.05, 0.1) is 6.54 Å². The van der Waals surface area contributed by atoms with Crippen molar-refractivity contribution in [2.75, 3.05) is 13.1 Å². The maximum atomic E-state index is 12.4. The quantitative estimate of drug-likeness (QED) is 0.766. The molecule has 0 aliphatic carbocycles. The minimum atomic E-state index is 0.275. The van der Waals surface area contributed by atoms with Gasteiger partial charge in [-0.15, -0.1) is 0 Å². The summed E-state index contributed by atoms with van der Waals surface area (Å²) < 4.78 is 2.21. The van der Waals surface area contributed by atoms with Crippen molar-refractivity contribution in [3.05, 3.63) is 23.0 Å². The molecule has 1 aromatic rings. The van der Waals surface area contributed by atoms with Crippen LogP contribution in [0.25, 0.3) is 0 Å². The fraction of sp³-hybridized carbons (Fsp3) is 0.667. The SMILES string of the molecule is CCn1c(C)cc(C(=O)CN2CCCC2C)c1C. The Labute approximate surface area is 110 Å². The number of Topliss-reactive ketones (excluding diaryl/α,β-unsaturated/α-hetero) is 1. The first kappa shape index (κ1) is 13.3. The molecule has 2 heterocycles. The number of carbonyl (C=O) groups excluding carboxylic acids is 1. The molecule has 0 saturated carbocycles. The molecule has 1 unspecified atom stereocenters. The fourth-order valence-electron chi connectivity index (χ4n) is 3.07. The first-order valence-electron chi connectivity index (χ1n) is 6.98. The number of aromatic nitrogens is 1. The molecule has 1 aliphatic heterocycles. The van der Waals surface area contributed by atoms with Crippen LogP contribution in [-0.4, -0.2) is 34.4 Å². The molecule has 100 valence electrons. The molecule has 1 aromatic heterocycles. The zero-order chi connectivity index (χ0) is 13.3. The van der Waals surface area contributed by atoms with Gasteiger partial charge in [0.1, 0.15) is 0 Å². The average molecular weight is 248 g/mol. The van der Waals surface area contributed by atoms with Crippen molar-refractivity contribution in [1.29, 1.82) is 0 Å². The Balaban J connectivity index is 2.14. The van der Waals surface area contributed by atoms with Crippen LogP contribution in [0.2, 0.25) is 0 Å². The van der Waals surface area contributed by atoms with Crippen molar-refractivity contribution in [1.82, 2.24) is 9.47 Å². The Morgan fingerprint density at radius 3 is 2.67 bits per heavy atom. The summed E-state index contributed by atoms with van der Waals surface area (Å²) in [5.74, 6) is 0.275. The molecule has 0 aromatic carbocycles. The summed E-state index contributed by atoms with van der Waals surface area (Å²) in [7, 11) is 0. The van der Waals surface area contributed by atoms with E-state index in [0.717, 1.165) is 24.3 Å². The Bertz CT molecular complexity index is 448. The molecule has 0 radical (unpaired) electrons. The molecule has 3 nitrogen and oxygen atoms in total. The van der Waals surface area contributed by atoms with Gasteiger partial charge in [0, 0.05) is 29.5 Å². The van der Waals surface area contributed by atoms with Crippen LogP contribution in [0.15, 0.2) is 6.07 Å². The molecule has 0 N–H and O–H groups in total. The third-order valence-electron chi connectivity index (χ3n) is 4.23. The number of aryl methyl sites for hydroxylation is 1. The lowest BCUT2D eigenvalue weighted by Gasteiger charge is -2.19. The van der Waals surface area contributed by atoms with E-state index in [4.69, 9.17) is 0 Å². The smallest absolute Gasteiger partial charge is 0.178 e. The number of rotatable bonds is 4. The van der Waals surface area contributed by atoms with E-state index in [-0.39, 0.29) is 5.78 Å². The molecular formula is C15H24N2O. The van der Waals surface area contributed by atoms with Gasteiger partial charge in [-0.3, -0.25) is 9.69 Å². The van der Waals surface area contributed by atoms with E-state index in [1.165, 1.54) is 18.5 Å². The van der Waals surface area contributed by atoms with Crippen LogP contribution < -0.4 is 0 Å². The average Bonchev–Trinajstić information content (AvgIpc) is 2.84. The lowest BCUT2D eigenvalue weighted by Crippen LogP contribution is -2.32. The van der Waals surface area contributed by atoms with Gasteiger partial charge in [-0.2, -0.15) is 0 Å². The third-order valence-corrected chi connectivity index (χ3v) is 4.23. The van der Waals surface area contributed by atoms with Gasteiger partial charge < -0.3 is 4.57 Å². The van der Waals surface area contributed by atoms with Crippen LogP contribution in [0, 0.1) is 13.8 Å². The van der Waals surface area contributed by atoms with E-state index in [0.29, 0.717) is 12.6 Å². The van der Waals surface area contributed by atoms with E-state index in [1.54, 1.807) is 0 Å². The highest BCUT2D eigenvalue weighted by atomic mass is 16.1. The summed E-state index contributed by atoms with van der Waals surface area (Å²) in [6, 6.07) is 2.60. The van der Waals surface area contributed by atoms with Crippen molar-refractivity contribution in [3.8, 4) is 0 Å². The standard InChI is InChI=1S/C15H24N2O/c1-5-17-12(3)9-14(13(17)4)15(18)10-16-8-6-7-11(16)2/h9,11H,5-8,10H2,1-4H3. The van der Waals surface area contributed by atoms with Crippen LogP contribution in [0.3, 0.4) is 0 Å². The molecule has 3 heteroatoms. The van der Waals surface area contributed by atoms with E-state index < -0.39 is 0 Å². The van der Waals surface area contributed by atoms with E-state index in [9.17, 15) is 4.79 Å². The van der Waals surface area contributed by atoms with Crippen molar-refractivity contribution < 1.29 is 4.79 Å². The second kappa shape index (κ2) is 5.27. The van der Waals surface area contributed by atoms with Crippen molar-refractivity contribution in [2.45, 2.75) is 53.1 Å². The maximum Gasteiger partial charge on any atom is 0.178 e. The second-order valence-corrected chi connectivity index (χ2v) is 5.41. The first-order chi connectivity index (χ1) is 8.54. The Hall–Kier alpha value is -1.09. The number of carbonyl (C=O) groups is 1. The van der Waals surface area contributed by atoms with Crippen molar-refractivity contribution >= 4 is 5.78 Å². The Kier molecular flexibility index (Phi) is 3.91. The van der Waals surface area contributed by atoms with Crippen LogP contribution in [-0.2, 0) is 6.54 Å². The van der Waals surface area contributed by atoms with Gasteiger partial charge in [-0.05, 0) is 53.1 Å². The second-order valence-electron chi connectivity index (χ2n) is 5.41. The van der Waals surface area contributed by atoms with Gasteiger partial charge in [0.2, 0.25) is 0 Å². The van der Waals surface area contributed by atoms with E-state index in [1.807, 2.05) is 6.07 Å². The number of nitrogens with zero attached hydrogens (tertiary/aromatic N) is 2. The van der Waals surface area contributed by atoms with Crippen LogP contribution in [0.4, 0.5) is 0 Å². The van der Waals surface area contributed by atoms with Gasteiger partial charge in [-0.1, -0.05) is 0 Å². The zero-order valence-corrected chi connectivity index (χ0v) is 12.0. The first-order valence-corrected chi connectivity index (χ1v) is 6.98. The third kappa shape index (κ3) is 2.37. The van der Waals surface area contributed by atoms with Gasteiger partial charge >= 0.3 is 0 Å². The lowest BCUT2D eigenvalue weighted by atomic mass is 10.1. The van der Waals surface area contributed by atoms with Crippen molar-refractivity contribution in [2.24, 2.45) is 0 Å². The molecule has 0 spiro atoms. The summed E-state index contributed by atoms with van der Waals surface area (Å²) in [5, 5.41) is 0. The minimum absolute atomic E-state index is 0.275. The predicted octanol–water partition coefficient (Wildman–Crippen LogP) is 2.79. The largest absolute Gasteiger partial charge is 0.349 e. The molecule has 18 heavy (non-hydrogen) atoms. The Morgan fingerprint density at radius 1 is 1.44 bits per heavy atom. The number of likely N-dealkylation sites (tertiary alicyclic amines) is 1. The van der Waals surface area contributed by atoms with E-state index in [2.05, 4.69) is 37.2 Å². The fourth-order valence-corrected chi connectivity index (χ4v) is 3.07. The highest BCUT2D eigenvalue weighted by Gasteiger charge is 2.24. The zero-order valence-electron chi connectivity index (χ0n) is 12.0. The minimum Gasteiger partial charge on any atom is -0.349 e. The van der Waals surface area contributed by atoms with Crippen LogP contribution in [0.5, 0.6) is 0 Å². The summed E-state index contributed by atoms with van der Waals surface area (Å²) in [5.41, 5.74) is 3.22. The van der Waals surface area contributed by atoms with Crippen LogP contribution in [0.1, 0.15) is 48.4 Å². The molecular weight excluding hydrogens is 224 g/mol. The normalized spacial score (nSPS) is 20.6. The lowest BCUT2D eigenvalue weighted by molar-refractivity contribution is 0.0925. The van der Waals surface area contributed by atoms with Crippen LogP contribution >= 0.6 is 0 Å². The molecule has 0 bridgehead atoms. The van der Waals surface area contributed by atoms with Gasteiger partial charge in [0.25, 0.3) is 0 Å². The van der Waals surface area contributed by atoms with Crippen molar-refractivity contribution in [3.63, 3.8) is 0 Å². The summed E-state index contributed by atoms with van der Waals surface area (Å²) in [6.07, 6.45) is 2.45. The highest BCUT2D eigenvalue weighted by molar-refractivity contribution is 5.99. The monoisotopic (exact) mass is 248 g/mol. The summed E-state index contributed by atoms with van der Waals surface area (Å²) in [6.45, 7) is 11.1. The highest BCUT2D eigenvalue weighted by Crippen LogP contribution is 2.20. The van der Waals surface area contributed by atoms with Gasteiger partial charge in [-0.25, -0.2) is 0 Å². The molecule has 1 aliphatic rings. The molecule has 1 fully saturated rings. The summed E-state index contributed by atoms with van der Waals surface area (Å²) >= 11 is 0. The Morgan fingerprint density at radius 2 is 2.17 bits per heavy atom. The molecule has 1 atom stereocenters. The topological polar surface area (TPSA) is 25.2 Å². The molecule has 0 amide bonds. The van der Waals surface area contributed by atoms with E-state index >= 15 is 0 Å². The number of hydrogen-bond donors (Lipinski definition) is 0.